The highest BCUT2D eigenvalue weighted by molar-refractivity contribution is 5.99. The number of anilines is 3. The van der Waals surface area contributed by atoms with Gasteiger partial charge in [0.2, 0.25) is 0 Å². The van der Waals surface area contributed by atoms with Gasteiger partial charge in [0.25, 0.3) is 0 Å². The Hall–Kier alpha value is -5.10. The van der Waals surface area contributed by atoms with Gasteiger partial charge in [-0.2, -0.15) is 0 Å². The van der Waals surface area contributed by atoms with Gasteiger partial charge in [0.15, 0.2) is 0 Å². The fraction of sp³-hybridized carbons (Fsp3) is 0.184. The first-order chi connectivity index (χ1) is 21.6. The summed E-state index contributed by atoms with van der Waals surface area (Å²) in [5.74, 6) is 0.310. The van der Waals surface area contributed by atoms with Gasteiger partial charge in [-0.05, 0) is 90.9 Å². The molecule has 0 saturated carbocycles. The fourth-order valence-corrected chi connectivity index (χ4v) is 6.96. The number of nitrogens with zero attached hydrogens (tertiary/aromatic N) is 2. The molecule has 3 atom stereocenters. The fourth-order valence-electron chi connectivity index (χ4n) is 6.96. The Morgan fingerprint density at radius 2 is 1.52 bits per heavy atom. The number of hydrogen-bond donors (Lipinski definition) is 2. The van der Waals surface area contributed by atoms with Gasteiger partial charge < -0.3 is 10.7 Å². The molecule has 4 aromatic rings. The molecule has 44 heavy (non-hydrogen) atoms. The van der Waals surface area contributed by atoms with Crippen molar-refractivity contribution in [3.05, 3.63) is 161 Å². The van der Waals surface area contributed by atoms with Crippen LogP contribution in [-0.2, 0) is 0 Å². The number of amides is 2. The van der Waals surface area contributed by atoms with Gasteiger partial charge >= 0.3 is 6.03 Å². The lowest BCUT2D eigenvalue weighted by Gasteiger charge is -2.32. The van der Waals surface area contributed by atoms with E-state index in [0.717, 1.165) is 47.6 Å². The Morgan fingerprint density at radius 3 is 2.16 bits per heavy atom. The second-order valence-corrected chi connectivity index (χ2v) is 11.7. The second kappa shape index (κ2) is 11.9. The normalized spacial score (nSPS) is 19.4. The maximum atomic E-state index is 14.1. The van der Waals surface area contributed by atoms with Crippen molar-refractivity contribution >= 4 is 23.1 Å². The highest BCUT2D eigenvalue weighted by atomic mass is 19.1. The molecule has 2 aliphatic carbocycles. The quantitative estimate of drug-likeness (QED) is 0.229. The first-order valence-corrected chi connectivity index (χ1v) is 15.3. The van der Waals surface area contributed by atoms with Gasteiger partial charge in [-0.1, -0.05) is 79.2 Å². The summed E-state index contributed by atoms with van der Waals surface area (Å²) in [6.45, 7) is 2.28. The van der Waals surface area contributed by atoms with Crippen LogP contribution in [0.2, 0.25) is 0 Å². The Kier molecular flexibility index (Phi) is 7.49. The van der Waals surface area contributed by atoms with Crippen molar-refractivity contribution in [1.29, 1.82) is 0 Å². The molecule has 0 bridgehead atoms. The predicted molar refractivity (Wildman–Crippen MR) is 174 cm³/mol. The predicted octanol–water partition coefficient (Wildman–Crippen LogP) is 8.95. The average molecular weight is 583 g/mol. The second-order valence-electron chi connectivity index (χ2n) is 11.7. The van der Waals surface area contributed by atoms with Gasteiger partial charge in [-0.3, -0.25) is 9.91 Å². The zero-order chi connectivity index (χ0) is 30.0. The van der Waals surface area contributed by atoms with Crippen LogP contribution < -0.4 is 20.7 Å². The third kappa shape index (κ3) is 5.28. The van der Waals surface area contributed by atoms with Gasteiger partial charge in [0.05, 0.1) is 28.8 Å². The van der Waals surface area contributed by atoms with E-state index < -0.39 is 0 Å². The van der Waals surface area contributed by atoms with Crippen molar-refractivity contribution in [2.75, 3.05) is 9.91 Å². The summed E-state index contributed by atoms with van der Waals surface area (Å²) in [5.41, 5.74) is 12.2. The van der Waals surface area contributed by atoms with Crippen LogP contribution in [0.5, 0.6) is 0 Å². The van der Waals surface area contributed by atoms with Crippen LogP contribution in [0.1, 0.15) is 37.8 Å². The highest BCUT2D eigenvalue weighted by Crippen LogP contribution is 2.50. The van der Waals surface area contributed by atoms with Crippen molar-refractivity contribution in [3.63, 3.8) is 0 Å². The van der Waals surface area contributed by atoms with E-state index in [9.17, 15) is 9.18 Å². The van der Waals surface area contributed by atoms with Crippen molar-refractivity contribution in [2.24, 2.45) is 11.8 Å². The van der Waals surface area contributed by atoms with E-state index >= 15 is 0 Å². The minimum absolute atomic E-state index is 0.153. The smallest absolute Gasteiger partial charge is 0.326 e. The highest BCUT2D eigenvalue weighted by Gasteiger charge is 2.39. The molecule has 0 saturated heterocycles. The molecule has 7 rings (SSSR count). The van der Waals surface area contributed by atoms with Crippen LogP contribution in [0.3, 0.4) is 0 Å². The molecule has 3 aliphatic rings. The maximum Gasteiger partial charge on any atom is 0.326 e. The number of fused-ring (bicyclic) bond motifs is 1. The number of hydrazine groups is 1. The van der Waals surface area contributed by atoms with Crippen LogP contribution in [-0.4, -0.2) is 6.03 Å². The molecule has 2 N–H and O–H groups in total. The lowest BCUT2D eigenvalue weighted by molar-refractivity contribution is 0.242. The van der Waals surface area contributed by atoms with Crippen molar-refractivity contribution in [2.45, 2.75) is 32.2 Å². The molecule has 0 spiro atoms. The van der Waals surface area contributed by atoms with Crippen molar-refractivity contribution in [3.8, 4) is 0 Å². The topological polar surface area (TPSA) is 47.6 Å². The van der Waals surface area contributed by atoms with E-state index in [1.54, 1.807) is 17.0 Å². The lowest BCUT2D eigenvalue weighted by atomic mass is 9.78. The Morgan fingerprint density at radius 1 is 0.909 bits per heavy atom. The molecule has 5 nitrogen and oxygen atoms in total. The lowest BCUT2D eigenvalue weighted by Crippen LogP contribution is -2.40. The van der Waals surface area contributed by atoms with Crippen LogP contribution in [0.25, 0.3) is 0 Å². The van der Waals surface area contributed by atoms with Crippen molar-refractivity contribution in [1.82, 2.24) is 10.7 Å². The van der Waals surface area contributed by atoms with Gasteiger partial charge in [-0.15, -0.1) is 0 Å². The molecule has 220 valence electrons. The standard InChI is InChI=1S/C38H35FN4O/c1-26-34-25-40-43(33-21-19-30(39)20-22-33)36(34)24-29-18-17-28(37(26)29)23-35(27-11-5-2-6-12-27)41-38(44)42(31-13-7-3-8-14-31)32-15-9-4-10-16-32/h2-16,19-22,24-26,28,35,40H,17-18,23H2,1H3,(H,41,44)/t26-,28+,35?/m0/s1. The number of allylic oxidation sites excluding steroid dienone is 4. The number of urea groups is 1. The number of para-hydroxylation sites is 2. The van der Waals surface area contributed by atoms with E-state index in [0.29, 0.717) is 5.92 Å². The summed E-state index contributed by atoms with van der Waals surface area (Å²) >= 11 is 0. The van der Waals surface area contributed by atoms with Gasteiger partial charge in [-0.25, -0.2) is 9.18 Å². The molecule has 1 heterocycles. The number of nitrogens with one attached hydrogen (secondary N) is 2. The summed E-state index contributed by atoms with van der Waals surface area (Å²) < 4.78 is 13.6. The minimum Gasteiger partial charge on any atom is -0.331 e. The average Bonchev–Trinajstić information content (AvgIpc) is 3.68. The maximum absolute atomic E-state index is 14.1. The molecule has 1 unspecified atom stereocenters. The summed E-state index contributed by atoms with van der Waals surface area (Å²) in [5, 5.41) is 5.47. The minimum atomic E-state index is -0.244. The number of hydrogen-bond acceptors (Lipinski definition) is 3. The van der Waals surface area contributed by atoms with Crippen LogP contribution >= 0.6 is 0 Å². The van der Waals surface area contributed by atoms with Gasteiger partial charge in [0.1, 0.15) is 5.82 Å². The van der Waals surface area contributed by atoms with E-state index in [2.05, 4.69) is 42.1 Å². The van der Waals surface area contributed by atoms with E-state index in [4.69, 9.17) is 0 Å². The number of carbonyl (C=O) groups is 1. The summed E-state index contributed by atoms with van der Waals surface area (Å²) in [6, 6.07) is 36.2. The number of benzene rings is 4. The first-order valence-electron chi connectivity index (χ1n) is 15.3. The third-order valence-electron chi connectivity index (χ3n) is 9.04. The molecule has 1 aliphatic heterocycles. The largest absolute Gasteiger partial charge is 0.331 e. The van der Waals surface area contributed by atoms with E-state index in [1.807, 2.05) is 83.9 Å². The van der Waals surface area contributed by atoms with Crippen molar-refractivity contribution < 1.29 is 9.18 Å². The number of carbonyl (C=O) groups excluding carboxylic acids is 1. The summed E-state index contributed by atoms with van der Waals surface area (Å²) in [6.07, 6.45) is 7.21. The zero-order valence-electron chi connectivity index (χ0n) is 24.7. The zero-order valence-corrected chi connectivity index (χ0v) is 24.7. The molecule has 0 radical (unpaired) electrons. The molecule has 6 heteroatoms. The monoisotopic (exact) mass is 582 g/mol. The summed E-state index contributed by atoms with van der Waals surface area (Å²) in [4.78, 5) is 15.9. The number of halogens is 1. The van der Waals surface area contributed by atoms with E-state index in [1.165, 1.54) is 28.9 Å². The number of rotatable bonds is 7. The molecule has 2 amide bonds. The van der Waals surface area contributed by atoms with E-state index in [-0.39, 0.29) is 23.8 Å². The third-order valence-corrected chi connectivity index (χ3v) is 9.04. The molecular weight excluding hydrogens is 547 g/mol. The molecule has 0 fully saturated rings. The van der Waals surface area contributed by atoms with Crippen LogP contribution in [0.15, 0.2) is 150 Å². The molecular formula is C38H35FN4O. The van der Waals surface area contributed by atoms with Gasteiger partial charge in [0, 0.05) is 17.7 Å². The van der Waals surface area contributed by atoms with Crippen LogP contribution in [0, 0.1) is 17.7 Å². The molecule has 4 aromatic carbocycles. The Bertz CT molecular complexity index is 1690. The SMILES string of the molecule is C[C@H]1C2=CNN(c3ccc(F)cc3)C2=CC2=C1[C@@H](CC(NC(=O)N(c1ccccc1)c1ccccc1)c1ccccc1)CC2. The van der Waals surface area contributed by atoms with Crippen LogP contribution in [0.4, 0.5) is 26.2 Å². The summed E-state index contributed by atoms with van der Waals surface area (Å²) in [7, 11) is 0. The molecule has 0 aromatic heterocycles. The Balaban J connectivity index is 1.18. The first kappa shape index (κ1) is 27.7. The Labute approximate surface area is 258 Å².